The molecule has 0 bridgehead atoms. The Hall–Kier alpha value is -1.66. The van der Waals surface area contributed by atoms with Crippen LogP contribution in [-0.2, 0) is 30.0 Å². The normalized spacial score (nSPS) is 12.0. The van der Waals surface area contributed by atoms with Gasteiger partial charge in [0.2, 0.25) is 0 Å². The van der Waals surface area contributed by atoms with Gasteiger partial charge in [-0.3, -0.25) is 9.58 Å². The molecule has 0 aliphatic carbocycles. The van der Waals surface area contributed by atoms with Crippen molar-refractivity contribution in [3.63, 3.8) is 0 Å². The molecule has 0 atom stereocenters. The zero-order valence-corrected chi connectivity index (χ0v) is 13.7. The van der Waals surface area contributed by atoms with Gasteiger partial charge < -0.3 is 0 Å². The van der Waals surface area contributed by atoms with Gasteiger partial charge in [-0.15, -0.1) is 0 Å². The highest BCUT2D eigenvalue weighted by Gasteiger charge is 2.09. The van der Waals surface area contributed by atoms with Gasteiger partial charge in [0.15, 0.2) is 9.84 Å². The van der Waals surface area contributed by atoms with Crippen molar-refractivity contribution in [1.82, 2.24) is 14.7 Å². The molecule has 0 N–H and O–H groups in total. The highest BCUT2D eigenvalue weighted by Crippen LogP contribution is 2.14. The fourth-order valence-electron chi connectivity index (χ4n) is 2.30. The minimum Gasteiger partial charge on any atom is -0.298 e. The minimum absolute atomic E-state index is 0.358. The second-order valence-electron chi connectivity index (χ2n) is 5.50. The first-order valence-electron chi connectivity index (χ1n) is 6.72. The lowest BCUT2D eigenvalue weighted by molar-refractivity contribution is 0.318. The van der Waals surface area contributed by atoms with Crippen LogP contribution in [0.1, 0.15) is 16.8 Å². The molecule has 0 saturated heterocycles. The van der Waals surface area contributed by atoms with Crippen molar-refractivity contribution < 1.29 is 8.42 Å². The highest BCUT2D eigenvalue weighted by atomic mass is 32.2. The Morgan fingerprint density at radius 1 is 1.19 bits per heavy atom. The monoisotopic (exact) mass is 307 g/mol. The average molecular weight is 307 g/mol. The van der Waals surface area contributed by atoms with Crippen LogP contribution in [-0.4, -0.2) is 36.4 Å². The summed E-state index contributed by atoms with van der Waals surface area (Å²) in [6.07, 6.45) is 3.25. The summed E-state index contributed by atoms with van der Waals surface area (Å²) in [6, 6.07) is 7.05. The third-order valence-electron chi connectivity index (χ3n) is 3.36. The predicted octanol–water partition coefficient (Wildman–Crippen LogP) is 1.76. The van der Waals surface area contributed by atoms with Crippen LogP contribution >= 0.6 is 0 Å². The largest absolute Gasteiger partial charge is 0.298 e. The van der Waals surface area contributed by atoms with E-state index in [4.69, 9.17) is 0 Å². The molecule has 5 nitrogen and oxygen atoms in total. The molecule has 21 heavy (non-hydrogen) atoms. The van der Waals surface area contributed by atoms with Crippen LogP contribution in [0.2, 0.25) is 0 Å². The molecule has 0 unspecified atom stereocenters. The van der Waals surface area contributed by atoms with E-state index >= 15 is 0 Å². The van der Waals surface area contributed by atoms with Crippen LogP contribution < -0.4 is 0 Å². The maximum absolute atomic E-state index is 11.4. The molecular formula is C15H21N3O2S. The number of benzene rings is 1. The summed E-state index contributed by atoms with van der Waals surface area (Å²) in [6.45, 7) is 3.58. The molecular weight excluding hydrogens is 286 g/mol. The van der Waals surface area contributed by atoms with E-state index in [0.717, 1.165) is 24.3 Å². The molecule has 114 valence electrons. The Morgan fingerprint density at radius 3 is 2.29 bits per heavy atom. The smallest absolute Gasteiger partial charge is 0.175 e. The first-order chi connectivity index (χ1) is 9.75. The van der Waals surface area contributed by atoms with Gasteiger partial charge in [-0.1, -0.05) is 12.1 Å². The van der Waals surface area contributed by atoms with Crippen molar-refractivity contribution in [1.29, 1.82) is 0 Å². The van der Waals surface area contributed by atoms with Crippen LogP contribution in [0.5, 0.6) is 0 Å². The van der Waals surface area contributed by atoms with E-state index in [1.54, 1.807) is 12.1 Å². The van der Waals surface area contributed by atoms with E-state index in [9.17, 15) is 8.42 Å². The first-order valence-corrected chi connectivity index (χ1v) is 8.61. The minimum atomic E-state index is -3.12. The molecule has 0 amide bonds. The Kier molecular flexibility index (Phi) is 4.49. The number of aryl methyl sites for hydroxylation is 2. The fraction of sp³-hybridized carbons (Fsp3) is 0.400. The summed E-state index contributed by atoms with van der Waals surface area (Å²) in [4.78, 5) is 2.54. The Labute approximate surface area is 126 Å². The number of aromatic nitrogens is 2. The lowest BCUT2D eigenvalue weighted by atomic mass is 10.2. The van der Waals surface area contributed by atoms with Crippen LogP contribution in [0, 0.1) is 6.92 Å². The van der Waals surface area contributed by atoms with Gasteiger partial charge in [0, 0.05) is 38.2 Å². The number of rotatable bonds is 5. The molecule has 1 aromatic heterocycles. The predicted molar refractivity (Wildman–Crippen MR) is 82.7 cm³/mol. The molecule has 2 rings (SSSR count). The van der Waals surface area contributed by atoms with E-state index in [0.29, 0.717) is 4.90 Å². The number of sulfone groups is 1. The van der Waals surface area contributed by atoms with E-state index < -0.39 is 9.84 Å². The second-order valence-corrected chi connectivity index (χ2v) is 7.52. The van der Waals surface area contributed by atoms with Crippen molar-refractivity contribution in [2.45, 2.75) is 24.9 Å². The summed E-state index contributed by atoms with van der Waals surface area (Å²) in [5.41, 5.74) is 3.33. The van der Waals surface area contributed by atoms with Crippen molar-refractivity contribution in [3.8, 4) is 0 Å². The molecule has 1 aromatic carbocycles. The molecule has 0 saturated carbocycles. The molecule has 0 spiro atoms. The topological polar surface area (TPSA) is 55.2 Å². The van der Waals surface area contributed by atoms with Gasteiger partial charge in [-0.05, 0) is 31.7 Å². The summed E-state index contributed by atoms with van der Waals surface area (Å²) in [5.74, 6) is 0. The average Bonchev–Trinajstić information content (AvgIpc) is 2.67. The fourth-order valence-corrected chi connectivity index (χ4v) is 2.93. The molecule has 1 heterocycles. The summed E-state index contributed by atoms with van der Waals surface area (Å²) in [5, 5.41) is 4.33. The van der Waals surface area contributed by atoms with Gasteiger partial charge in [0.1, 0.15) is 0 Å². The van der Waals surface area contributed by atoms with Crippen LogP contribution in [0.4, 0.5) is 0 Å². The summed E-state index contributed by atoms with van der Waals surface area (Å²) in [7, 11) is 0.832. The van der Waals surface area contributed by atoms with Crippen molar-refractivity contribution in [2.75, 3.05) is 13.3 Å². The molecule has 0 radical (unpaired) electrons. The van der Waals surface area contributed by atoms with Gasteiger partial charge >= 0.3 is 0 Å². The van der Waals surface area contributed by atoms with E-state index in [-0.39, 0.29) is 0 Å². The Bertz CT molecular complexity index is 718. The molecule has 0 fully saturated rings. The lowest BCUT2D eigenvalue weighted by Crippen LogP contribution is -2.17. The quantitative estimate of drug-likeness (QED) is 0.845. The Morgan fingerprint density at radius 2 is 1.81 bits per heavy atom. The molecule has 6 heteroatoms. The number of hydrogen-bond acceptors (Lipinski definition) is 4. The Balaban J connectivity index is 2.03. The van der Waals surface area contributed by atoms with Crippen LogP contribution in [0.15, 0.2) is 35.4 Å². The van der Waals surface area contributed by atoms with E-state index in [1.807, 2.05) is 44.0 Å². The lowest BCUT2D eigenvalue weighted by Gasteiger charge is -2.16. The summed E-state index contributed by atoms with van der Waals surface area (Å²) >= 11 is 0. The maximum atomic E-state index is 11.4. The summed E-state index contributed by atoms with van der Waals surface area (Å²) < 4.78 is 24.7. The van der Waals surface area contributed by atoms with Crippen LogP contribution in [0.3, 0.4) is 0 Å². The van der Waals surface area contributed by atoms with Gasteiger partial charge in [0.05, 0.1) is 10.6 Å². The van der Waals surface area contributed by atoms with Crippen molar-refractivity contribution in [3.05, 3.63) is 47.3 Å². The first kappa shape index (κ1) is 15.7. The third-order valence-corrected chi connectivity index (χ3v) is 4.49. The van der Waals surface area contributed by atoms with Gasteiger partial charge in [0.25, 0.3) is 0 Å². The SMILES string of the molecule is Cc1nn(C)cc1CN(C)Cc1ccc(S(C)(=O)=O)cc1. The van der Waals surface area contributed by atoms with Crippen LogP contribution in [0.25, 0.3) is 0 Å². The number of nitrogens with zero attached hydrogens (tertiary/aromatic N) is 3. The van der Waals surface area contributed by atoms with E-state index in [1.165, 1.54) is 11.8 Å². The number of hydrogen-bond donors (Lipinski definition) is 0. The second kappa shape index (κ2) is 5.99. The van der Waals surface area contributed by atoms with Crippen molar-refractivity contribution in [2.24, 2.45) is 7.05 Å². The zero-order chi connectivity index (χ0) is 15.6. The highest BCUT2D eigenvalue weighted by molar-refractivity contribution is 7.90. The standard InChI is InChI=1S/C15H21N3O2S/c1-12-14(11-18(3)16-12)10-17(2)9-13-5-7-15(8-6-13)21(4,19)20/h5-8,11H,9-10H2,1-4H3. The van der Waals surface area contributed by atoms with Gasteiger partial charge in [-0.25, -0.2) is 8.42 Å². The molecule has 0 aliphatic heterocycles. The van der Waals surface area contributed by atoms with E-state index in [2.05, 4.69) is 10.00 Å². The van der Waals surface area contributed by atoms with Gasteiger partial charge in [-0.2, -0.15) is 5.10 Å². The third kappa shape index (κ3) is 4.15. The van der Waals surface area contributed by atoms with Crippen molar-refractivity contribution >= 4 is 9.84 Å². The zero-order valence-electron chi connectivity index (χ0n) is 12.9. The molecule has 2 aromatic rings. The maximum Gasteiger partial charge on any atom is 0.175 e. The molecule has 0 aliphatic rings.